The average molecular weight is 322 g/mol. The van der Waals surface area contributed by atoms with E-state index in [0.29, 0.717) is 4.32 Å². The first kappa shape index (κ1) is 20.8. The summed E-state index contributed by atoms with van der Waals surface area (Å²) in [4.78, 5) is 0. The Labute approximate surface area is 124 Å². The standard InChI is InChI=1S/C16H33Br.H3N/c1-4-5-6-7-8-9-10-11-12-13-14-15-16(2,3)17;/h4-15H2,1-3H3;1H3. The lowest BCUT2D eigenvalue weighted by Gasteiger charge is -2.15. The summed E-state index contributed by atoms with van der Waals surface area (Å²) in [6, 6.07) is 0. The highest BCUT2D eigenvalue weighted by Crippen LogP contribution is 2.23. The first-order valence-electron chi connectivity index (χ1n) is 7.75. The zero-order chi connectivity index (χ0) is 13.0. The number of rotatable bonds is 12. The minimum Gasteiger partial charge on any atom is -0.344 e. The van der Waals surface area contributed by atoms with E-state index in [-0.39, 0.29) is 6.15 Å². The quantitative estimate of drug-likeness (QED) is 0.304. The van der Waals surface area contributed by atoms with Crippen LogP contribution in [0.25, 0.3) is 0 Å². The first-order chi connectivity index (χ1) is 8.06. The van der Waals surface area contributed by atoms with E-state index in [2.05, 4.69) is 36.7 Å². The molecule has 0 saturated carbocycles. The van der Waals surface area contributed by atoms with Crippen molar-refractivity contribution in [1.29, 1.82) is 0 Å². The van der Waals surface area contributed by atoms with Gasteiger partial charge in [-0.1, -0.05) is 107 Å². The monoisotopic (exact) mass is 321 g/mol. The Bertz CT molecular complexity index is 152. The molecule has 0 unspecified atom stereocenters. The summed E-state index contributed by atoms with van der Waals surface area (Å²) in [7, 11) is 0. The van der Waals surface area contributed by atoms with Gasteiger partial charge in [-0.3, -0.25) is 0 Å². The molecule has 0 spiro atoms. The lowest BCUT2D eigenvalue weighted by molar-refractivity contribution is 0.526. The van der Waals surface area contributed by atoms with Crippen molar-refractivity contribution >= 4 is 15.9 Å². The van der Waals surface area contributed by atoms with Crippen LogP contribution in [0.5, 0.6) is 0 Å². The van der Waals surface area contributed by atoms with Gasteiger partial charge in [0.05, 0.1) is 0 Å². The molecule has 0 fully saturated rings. The molecule has 112 valence electrons. The molecule has 0 amide bonds. The molecule has 0 aromatic rings. The molecule has 0 aliphatic heterocycles. The van der Waals surface area contributed by atoms with Crippen LogP contribution >= 0.6 is 15.9 Å². The maximum absolute atomic E-state index is 3.70. The summed E-state index contributed by atoms with van der Waals surface area (Å²) in [6.07, 6.45) is 17.1. The molecule has 3 N–H and O–H groups in total. The van der Waals surface area contributed by atoms with Gasteiger partial charge in [0.15, 0.2) is 0 Å². The molecule has 0 atom stereocenters. The van der Waals surface area contributed by atoms with Gasteiger partial charge in [-0.25, -0.2) is 0 Å². The molecular weight excluding hydrogens is 286 g/mol. The van der Waals surface area contributed by atoms with Gasteiger partial charge in [0.25, 0.3) is 0 Å². The van der Waals surface area contributed by atoms with E-state index in [0.717, 1.165) is 0 Å². The van der Waals surface area contributed by atoms with E-state index in [1.807, 2.05) is 0 Å². The highest BCUT2D eigenvalue weighted by Gasteiger charge is 2.10. The van der Waals surface area contributed by atoms with Gasteiger partial charge in [0, 0.05) is 4.32 Å². The van der Waals surface area contributed by atoms with Crippen molar-refractivity contribution in [2.75, 3.05) is 0 Å². The van der Waals surface area contributed by atoms with E-state index < -0.39 is 0 Å². The molecule has 0 radical (unpaired) electrons. The third-order valence-corrected chi connectivity index (χ3v) is 3.77. The minimum atomic E-state index is 0. The lowest BCUT2D eigenvalue weighted by Crippen LogP contribution is -2.07. The van der Waals surface area contributed by atoms with Crippen molar-refractivity contribution in [3.8, 4) is 0 Å². The third kappa shape index (κ3) is 18.8. The number of hydrogen-bond donors (Lipinski definition) is 1. The van der Waals surface area contributed by atoms with Crippen molar-refractivity contribution in [3.05, 3.63) is 0 Å². The smallest absolute Gasteiger partial charge is 0.0201 e. The van der Waals surface area contributed by atoms with Crippen LogP contribution in [0.3, 0.4) is 0 Å². The molecule has 18 heavy (non-hydrogen) atoms. The van der Waals surface area contributed by atoms with E-state index in [9.17, 15) is 0 Å². The largest absolute Gasteiger partial charge is 0.344 e. The van der Waals surface area contributed by atoms with Gasteiger partial charge < -0.3 is 6.15 Å². The van der Waals surface area contributed by atoms with Crippen LogP contribution in [-0.4, -0.2) is 4.32 Å². The van der Waals surface area contributed by atoms with Crippen LogP contribution in [0.15, 0.2) is 0 Å². The number of hydrogen-bond acceptors (Lipinski definition) is 1. The Morgan fingerprint density at radius 3 is 1.33 bits per heavy atom. The van der Waals surface area contributed by atoms with E-state index >= 15 is 0 Å². The minimum absolute atomic E-state index is 0. The summed E-state index contributed by atoms with van der Waals surface area (Å²) >= 11 is 3.70. The zero-order valence-corrected chi connectivity index (χ0v) is 14.7. The molecule has 0 aliphatic rings. The van der Waals surface area contributed by atoms with Crippen LogP contribution in [0.1, 0.15) is 97.8 Å². The van der Waals surface area contributed by atoms with Gasteiger partial charge in [0.2, 0.25) is 0 Å². The van der Waals surface area contributed by atoms with Gasteiger partial charge in [-0.15, -0.1) is 0 Å². The summed E-state index contributed by atoms with van der Waals surface area (Å²) < 4.78 is 0.353. The van der Waals surface area contributed by atoms with Crippen LogP contribution in [0.2, 0.25) is 0 Å². The second-order valence-corrected chi connectivity index (χ2v) is 8.15. The molecule has 0 saturated heterocycles. The van der Waals surface area contributed by atoms with E-state index in [4.69, 9.17) is 0 Å². The Kier molecular flexibility index (Phi) is 16.0. The first-order valence-corrected chi connectivity index (χ1v) is 8.54. The molecule has 0 rings (SSSR count). The Morgan fingerprint density at radius 1 is 0.667 bits per heavy atom. The van der Waals surface area contributed by atoms with Crippen LogP contribution in [0.4, 0.5) is 0 Å². The highest BCUT2D eigenvalue weighted by molar-refractivity contribution is 9.10. The fourth-order valence-corrected chi connectivity index (χ4v) is 2.49. The second-order valence-electron chi connectivity index (χ2n) is 6.00. The summed E-state index contributed by atoms with van der Waals surface area (Å²) in [6.45, 7) is 6.82. The normalized spacial score (nSPS) is 11.3. The molecular formula is C16H36BrN. The SMILES string of the molecule is CCCCCCCCCCCCCC(C)(C)Br.N. The van der Waals surface area contributed by atoms with Crippen LogP contribution < -0.4 is 6.15 Å². The van der Waals surface area contributed by atoms with Crippen LogP contribution in [0, 0.1) is 0 Å². The van der Waals surface area contributed by atoms with Crippen molar-refractivity contribution < 1.29 is 0 Å². The summed E-state index contributed by atoms with van der Waals surface area (Å²) in [5.41, 5.74) is 0. The lowest BCUT2D eigenvalue weighted by atomic mass is 10.0. The Hall–Kier alpha value is 0.440. The molecule has 0 heterocycles. The molecule has 0 bridgehead atoms. The van der Waals surface area contributed by atoms with Gasteiger partial charge in [-0.05, 0) is 6.42 Å². The molecule has 2 heteroatoms. The third-order valence-electron chi connectivity index (χ3n) is 3.37. The average Bonchev–Trinajstić information content (AvgIpc) is 2.24. The second kappa shape index (κ2) is 13.9. The number of halogens is 1. The molecule has 0 aromatic carbocycles. The Morgan fingerprint density at radius 2 is 1.00 bits per heavy atom. The molecule has 0 aliphatic carbocycles. The summed E-state index contributed by atoms with van der Waals surface area (Å²) in [5.74, 6) is 0. The van der Waals surface area contributed by atoms with Gasteiger partial charge in [0.1, 0.15) is 0 Å². The highest BCUT2D eigenvalue weighted by atomic mass is 79.9. The molecule has 0 aromatic heterocycles. The summed E-state index contributed by atoms with van der Waals surface area (Å²) in [5, 5.41) is 0. The number of unbranched alkanes of at least 4 members (excludes halogenated alkanes) is 10. The predicted octanol–water partition coefficient (Wildman–Crippen LogP) is 7.02. The zero-order valence-electron chi connectivity index (χ0n) is 13.1. The Balaban J connectivity index is 0. The molecule has 1 nitrogen and oxygen atoms in total. The van der Waals surface area contributed by atoms with E-state index in [1.54, 1.807) is 0 Å². The fourth-order valence-electron chi connectivity index (χ4n) is 2.21. The van der Waals surface area contributed by atoms with Gasteiger partial charge in [-0.2, -0.15) is 0 Å². The van der Waals surface area contributed by atoms with Crippen molar-refractivity contribution in [2.24, 2.45) is 0 Å². The van der Waals surface area contributed by atoms with Gasteiger partial charge >= 0.3 is 0 Å². The number of alkyl halides is 1. The van der Waals surface area contributed by atoms with Crippen molar-refractivity contribution in [1.82, 2.24) is 6.15 Å². The van der Waals surface area contributed by atoms with E-state index in [1.165, 1.54) is 77.0 Å². The maximum atomic E-state index is 3.70. The maximum Gasteiger partial charge on any atom is 0.0201 e. The fraction of sp³-hybridized carbons (Fsp3) is 1.00. The topological polar surface area (TPSA) is 35.0 Å². The predicted molar refractivity (Wildman–Crippen MR) is 89.1 cm³/mol. The van der Waals surface area contributed by atoms with Crippen LogP contribution in [-0.2, 0) is 0 Å². The van der Waals surface area contributed by atoms with Crippen molar-refractivity contribution in [2.45, 2.75) is 102 Å². The van der Waals surface area contributed by atoms with Crippen molar-refractivity contribution in [3.63, 3.8) is 0 Å².